The number of aliphatic hydroxyl groups is 1. The van der Waals surface area contributed by atoms with Gasteiger partial charge in [0.05, 0.1) is 17.8 Å². The number of hydrogen-bond donors (Lipinski definition) is 3. The molecular formula is C15H26N2O3S. The average molecular weight is 314 g/mol. The molecule has 1 aromatic rings. The molecule has 0 unspecified atom stereocenters. The van der Waals surface area contributed by atoms with E-state index >= 15 is 0 Å². The molecular weight excluding hydrogens is 288 g/mol. The first-order valence-electron chi connectivity index (χ1n) is 7.42. The summed E-state index contributed by atoms with van der Waals surface area (Å²) in [5.74, 6) is 0. The van der Waals surface area contributed by atoms with Crippen LogP contribution in [0.3, 0.4) is 0 Å². The fourth-order valence-electron chi connectivity index (χ4n) is 2.09. The molecule has 0 atom stereocenters. The van der Waals surface area contributed by atoms with Crippen molar-refractivity contribution < 1.29 is 13.5 Å². The second kappa shape index (κ2) is 7.77. The monoisotopic (exact) mass is 314 g/mol. The van der Waals surface area contributed by atoms with Crippen molar-refractivity contribution in [3.63, 3.8) is 0 Å². The summed E-state index contributed by atoms with van der Waals surface area (Å²) in [5.41, 5.74) is 0.0231. The van der Waals surface area contributed by atoms with Crippen LogP contribution in [-0.4, -0.2) is 32.2 Å². The number of anilines is 1. The third kappa shape index (κ3) is 4.43. The maximum Gasteiger partial charge on any atom is 0.242 e. The average Bonchev–Trinajstić information content (AvgIpc) is 2.51. The third-order valence-electron chi connectivity index (χ3n) is 3.77. The Morgan fingerprint density at radius 2 is 1.76 bits per heavy atom. The molecule has 0 aliphatic carbocycles. The quantitative estimate of drug-likeness (QED) is 0.654. The summed E-state index contributed by atoms with van der Waals surface area (Å²) in [4.78, 5) is 0.221. The summed E-state index contributed by atoms with van der Waals surface area (Å²) in [6.45, 7) is 6.22. The number of para-hydroxylation sites is 1. The molecule has 0 heterocycles. The van der Waals surface area contributed by atoms with E-state index in [0.717, 1.165) is 6.42 Å². The molecule has 0 fully saturated rings. The molecule has 0 bridgehead atoms. The standard InChI is InChI=1S/C15H26N2O3S/c1-4-11-16-21(19,20)14-10-8-7-9-13(14)17-15(5-2,6-3)12-18/h7-10,16-18H,4-6,11-12H2,1-3H3. The Morgan fingerprint density at radius 1 is 1.14 bits per heavy atom. The molecule has 0 saturated carbocycles. The van der Waals surface area contributed by atoms with Crippen LogP contribution in [0.2, 0.25) is 0 Å². The number of aliphatic hydroxyl groups excluding tert-OH is 1. The van der Waals surface area contributed by atoms with E-state index in [0.29, 0.717) is 25.1 Å². The molecule has 120 valence electrons. The van der Waals surface area contributed by atoms with Crippen molar-refractivity contribution in [3.05, 3.63) is 24.3 Å². The van der Waals surface area contributed by atoms with Gasteiger partial charge in [-0.05, 0) is 31.4 Å². The highest BCUT2D eigenvalue weighted by atomic mass is 32.2. The predicted molar refractivity (Wildman–Crippen MR) is 85.9 cm³/mol. The fraction of sp³-hybridized carbons (Fsp3) is 0.600. The Kier molecular flexibility index (Phi) is 6.64. The van der Waals surface area contributed by atoms with Crippen LogP contribution < -0.4 is 10.0 Å². The number of benzene rings is 1. The first kappa shape index (κ1) is 17.9. The Morgan fingerprint density at radius 3 is 2.29 bits per heavy atom. The van der Waals surface area contributed by atoms with Crippen molar-refractivity contribution >= 4 is 15.7 Å². The minimum absolute atomic E-state index is 0.0449. The first-order valence-corrected chi connectivity index (χ1v) is 8.90. The normalized spacial score (nSPS) is 12.4. The first-order chi connectivity index (χ1) is 9.94. The number of hydrogen-bond acceptors (Lipinski definition) is 4. The molecule has 0 spiro atoms. The van der Waals surface area contributed by atoms with Gasteiger partial charge in [0.1, 0.15) is 4.90 Å². The summed E-state index contributed by atoms with van der Waals surface area (Å²) in [6.07, 6.45) is 2.15. The Balaban J connectivity index is 3.16. The van der Waals surface area contributed by atoms with Gasteiger partial charge >= 0.3 is 0 Å². The molecule has 1 rings (SSSR count). The highest BCUT2D eigenvalue weighted by Crippen LogP contribution is 2.27. The second-order valence-corrected chi connectivity index (χ2v) is 6.90. The van der Waals surface area contributed by atoms with E-state index in [1.165, 1.54) is 0 Å². The Hall–Kier alpha value is -1.11. The van der Waals surface area contributed by atoms with E-state index in [2.05, 4.69) is 10.0 Å². The zero-order valence-electron chi connectivity index (χ0n) is 13.0. The lowest BCUT2D eigenvalue weighted by molar-refractivity contribution is 0.202. The van der Waals surface area contributed by atoms with E-state index in [1.54, 1.807) is 24.3 Å². The van der Waals surface area contributed by atoms with Gasteiger partial charge in [-0.3, -0.25) is 0 Å². The van der Waals surface area contributed by atoms with Crippen LogP contribution in [-0.2, 0) is 10.0 Å². The molecule has 0 saturated heterocycles. The van der Waals surface area contributed by atoms with Crippen LogP contribution >= 0.6 is 0 Å². The van der Waals surface area contributed by atoms with Crippen LogP contribution in [0.1, 0.15) is 40.0 Å². The van der Waals surface area contributed by atoms with Crippen LogP contribution in [0.5, 0.6) is 0 Å². The minimum Gasteiger partial charge on any atom is -0.394 e. The van der Waals surface area contributed by atoms with Gasteiger partial charge < -0.3 is 10.4 Å². The summed E-state index contributed by atoms with van der Waals surface area (Å²) in [7, 11) is -3.54. The molecule has 6 heteroatoms. The highest BCUT2D eigenvalue weighted by Gasteiger charge is 2.27. The maximum atomic E-state index is 12.3. The summed E-state index contributed by atoms with van der Waals surface area (Å²) < 4.78 is 27.3. The van der Waals surface area contributed by atoms with Crippen LogP contribution in [0.4, 0.5) is 5.69 Å². The molecule has 21 heavy (non-hydrogen) atoms. The largest absolute Gasteiger partial charge is 0.394 e. The van der Waals surface area contributed by atoms with E-state index < -0.39 is 15.6 Å². The van der Waals surface area contributed by atoms with Crippen molar-refractivity contribution in [2.45, 2.75) is 50.5 Å². The summed E-state index contributed by atoms with van der Waals surface area (Å²) in [5, 5.41) is 12.9. The predicted octanol–water partition coefficient (Wildman–Crippen LogP) is 2.34. The van der Waals surface area contributed by atoms with Crippen molar-refractivity contribution in [1.29, 1.82) is 0 Å². The van der Waals surface area contributed by atoms with E-state index in [4.69, 9.17) is 0 Å². The van der Waals surface area contributed by atoms with Crippen LogP contribution in [0.25, 0.3) is 0 Å². The van der Waals surface area contributed by atoms with Gasteiger partial charge in [0.25, 0.3) is 0 Å². The van der Waals surface area contributed by atoms with Gasteiger partial charge in [0, 0.05) is 6.54 Å². The molecule has 0 amide bonds. The second-order valence-electron chi connectivity index (χ2n) is 5.16. The SMILES string of the molecule is CCCNS(=O)(=O)c1ccccc1NC(CC)(CC)CO. The zero-order valence-corrected chi connectivity index (χ0v) is 13.8. The molecule has 3 N–H and O–H groups in total. The highest BCUT2D eigenvalue weighted by molar-refractivity contribution is 7.89. The van der Waals surface area contributed by atoms with Gasteiger partial charge in [0.15, 0.2) is 0 Å². The number of sulfonamides is 1. The fourth-order valence-corrected chi connectivity index (χ4v) is 3.39. The Labute approximate surface area is 127 Å². The summed E-state index contributed by atoms with van der Waals surface area (Å²) >= 11 is 0. The minimum atomic E-state index is -3.54. The number of nitrogens with one attached hydrogen (secondary N) is 2. The lowest BCUT2D eigenvalue weighted by Gasteiger charge is -2.32. The smallest absolute Gasteiger partial charge is 0.242 e. The van der Waals surface area contributed by atoms with Gasteiger partial charge in [0.2, 0.25) is 10.0 Å². The van der Waals surface area contributed by atoms with Gasteiger partial charge in [-0.25, -0.2) is 13.1 Å². The molecule has 0 aromatic heterocycles. The summed E-state index contributed by atoms with van der Waals surface area (Å²) in [6, 6.07) is 6.79. The van der Waals surface area contributed by atoms with E-state index in [-0.39, 0.29) is 11.5 Å². The molecule has 0 aliphatic heterocycles. The molecule has 0 radical (unpaired) electrons. The van der Waals surface area contributed by atoms with Crippen molar-refractivity contribution in [2.24, 2.45) is 0 Å². The van der Waals surface area contributed by atoms with Crippen molar-refractivity contribution in [1.82, 2.24) is 4.72 Å². The Bertz CT molecular complexity index is 531. The van der Waals surface area contributed by atoms with Crippen LogP contribution in [0.15, 0.2) is 29.2 Å². The van der Waals surface area contributed by atoms with Gasteiger partial charge in [-0.2, -0.15) is 0 Å². The molecule has 0 aliphatic rings. The maximum absolute atomic E-state index is 12.3. The molecule has 5 nitrogen and oxygen atoms in total. The topological polar surface area (TPSA) is 78.4 Å². The van der Waals surface area contributed by atoms with Gasteiger partial charge in [-0.1, -0.05) is 32.9 Å². The lowest BCUT2D eigenvalue weighted by atomic mass is 9.93. The van der Waals surface area contributed by atoms with Crippen molar-refractivity contribution in [2.75, 3.05) is 18.5 Å². The third-order valence-corrected chi connectivity index (χ3v) is 5.29. The van der Waals surface area contributed by atoms with E-state index in [1.807, 2.05) is 20.8 Å². The van der Waals surface area contributed by atoms with Gasteiger partial charge in [-0.15, -0.1) is 0 Å². The number of rotatable bonds is 9. The zero-order chi connectivity index (χ0) is 15.9. The lowest BCUT2D eigenvalue weighted by Crippen LogP contribution is -2.41. The van der Waals surface area contributed by atoms with Crippen LogP contribution in [0, 0.1) is 0 Å². The van der Waals surface area contributed by atoms with E-state index in [9.17, 15) is 13.5 Å². The van der Waals surface area contributed by atoms with Crippen molar-refractivity contribution in [3.8, 4) is 0 Å². The molecule has 1 aromatic carbocycles.